The predicted molar refractivity (Wildman–Crippen MR) is 86.2 cm³/mol. The van der Waals surface area contributed by atoms with Crippen LogP contribution >= 0.6 is 0 Å². The van der Waals surface area contributed by atoms with E-state index in [0.29, 0.717) is 5.56 Å². The average molecular weight is 299 g/mol. The van der Waals surface area contributed by atoms with Gasteiger partial charge in [-0.1, -0.05) is 29.8 Å². The lowest BCUT2D eigenvalue weighted by molar-refractivity contribution is 0.0915. The van der Waals surface area contributed by atoms with Gasteiger partial charge in [-0.05, 0) is 43.2 Å². The highest BCUT2D eigenvalue weighted by Gasteiger charge is 2.12. The van der Waals surface area contributed by atoms with E-state index in [1.807, 2.05) is 32.0 Å². The fraction of sp³-hybridized carbons (Fsp3) is 0.278. The number of benzene rings is 2. The fourth-order valence-electron chi connectivity index (χ4n) is 2.21. The lowest BCUT2D eigenvalue weighted by Crippen LogP contribution is -2.29. The van der Waals surface area contributed by atoms with Gasteiger partial charge in [-0.3, -0.25) is 4.79 Å². The molecule has 0 aliphatic heterocycles. The molecule has 2 aromatic rings. The summed E-state index contributed by atoms with van der Waals surface area (Å²) in [5, 5.41) is 12.9. The van der Waals surface area contributed by atoms with Crippen molar-refractivity contribution in [1.29, 1.82) is 0 Å². The van der Waals surface area contributed by atoms with Crippen molar-refractivity contribution in [3.8, 4) is 5.75 Å². The Morgan fingerprint density at radius 2 is 1.86 bits per heavy atom. The van der Waals surface area contributed by atoms with E-state index >= 15 is 0 Å². The van der Waals surface area contributed by atoms with Crippen molar-refractivity contribution in [3.63, 3.8) is 0 Å². The maximum absolute atomic E-state index is 12.2. The molecule has 4 nitrogen and oxygen atoms in total. The molecule has 1 unspecified atom stereocenters. The summed E-state index contributed by atoms with van der Waals surface area (Å²) in [6, 6.07) is 12.9. The van der Waals surface area contributed by atoms with Gasteiger partial charge in [-0.15, -0.1) is 0 Å². The zero-order valence-corrected chi connectivity index (χ0v) is 13.1. The number of aliphatic hydroxyl groups is 1. The van der Waals surface area contributed by atoms with Crippen LogP contribution in [0, 0.1) is 13.8 Å². The highest BCUT2D eigenvalue weighted by molar-refractivity contribution is 5.95. The summed E-state index contributed by atoms with van der Waals surface area (Å²) in [5.41, 5.74) is 3.33. The van der Waals surface area contributed by atoms with Gasteiger partial charge in [0.05, 0.1) is 13.2 Å². The number of nitrogens with one attached hydrogen (secondary N) is 1. The molecule has 0 radical (unpaired) electrons. The Labute approximate surface area is 130 Å². The number of hydrogen-bond acceptors (Lipinski definition) is 3. The first-order valence-corrected chi connectivity index (χ1v) is 7.18. The molecule has 116 valence electrons. The highest BCUT2D eigenvalue weighted by Crippen LogP contribution is 2.17. The number of carbonyl (C=O) groups is 1. The molecule has 0 saturated heterocycles. The first-order chi connectivity index (χ1) is 10.5. The van der Waals surface area contributed by atoms with Crippen molar-refractivity contribution in [2.24, 2.45) is 0 Å². The molecule has 2 rings (SSSR count). The van der Waals surface area contributed by atoms with Crippen LogP contribution in [0.1, 0.15) is 33.2 Å². The second-order valence-electron chi connectivity index (χ2n) is 5.32. The average Bonchev–Trinajstić information content (AvgIpc) is 2.54. The van der Waals surface area contributed by atoms with Crippen molar-refractivity contribution in [2.45, 2.75) is 20.0 Å². The number of ether oxygens (including phenoxy) is 1. The summed E-state index contributed by atoms with van der Waals surface area (Å²) in [6.07, 6.45) is -0.750. The monoisotopic (exact) mass is 299 g/mol. The lowest BCUT2D eigenvalue weighted by Gasteiger charge is -2.14. The summed E-state index contributed by atoms with van der Waals surface area (Å²) in [7, 11) is 1.59. The number of aliphatic hydroxyl groups excluding tert-OH is 1. The van der Waals surface area contributed by atoms with Crippen molar-refractivity contribution in [1.82, 2.24) is 5.32 Å². The van der Waals surface area contributed by atoms with Crippen molar-refractivity contribution in [3.05, 3.63) is 64.7 Å². The Balaban J connectivity index is 1.99. The zero-order valence-electron chi connectivity index (χ0n) is 13.1. The number of amides is 1. The Morgan fingerprint density at radius 3 is 2.50 bits per heavy atom. The molecule has 0 fully saturated rings. The van der Waals surface area contributed by atoms with Crippen LogP contribution in [-0.4, -0.2) is 24.7 Å². The number of carbonyl (C=O) groups excluding carboxylic acids is 1. The minimum atomic E-state index is -0.750. The van der Waals surface area contributed by atoms with Crippen molar-refractivity contribution in [2.75, 3.05) is 13.7 Å². The largest absolute Gasteiger partial charge is 0.497 e. The molecule has 0 aromatic heterocycles. The van der Waals surface area contributed by atoms with Crippen molar-refractivity contribution < 1.29 is 14.6 Å². The molecule has 0 heterocycles. The van der Waals surface area contributed by atoms with Gasteiger partial charge in [-0.2, -0.15) is 0 Å². The first-order valence-electron chi connectivity index (χ1n) is 7.18. The van der Waals surface area contributed by atoms with Gasteiger partial charge >= 0.3 is 0 Å². The summed E-state index contributed by atoms with van der Waals surface area (Å²) in [5.74, 6) is 0.559. The van der Waals surface area contributed by atoms with E-state index in [4.69, 9.17) is 4.74 Å². The summed E-state index contributed by atoms with van der Waals surface area (Å²) in [6.45, 7) is 4.01. The number of rotatable bonds is 5. The number of aryl methyl sites for hydroxylation is 2. The molecule has 0 spiro atoms. The molecule has 4 heteroatoms. The Morgan fingerprint density at radius 1 is 1.18 bits per heavy atom. The second-order valence-corrected chi connectivity index (χ2v) is 5.32. The molecule has 0 aliphatic carbocycles. The first kappa shape index (κ1) is 16.0. The number of hydrogen-bond donors (Lipinski definition) is 2. The molecule has 2 aromatic carbocycles. The molecule has 0 bridgehead atoms. The van der Waals surface area contributed by atoms with E-state index in [0.717, 1.165) is 22.4 Å². The van der Waals surface area contributed by atoms with Crippen LogP contribution in [0.3, 0.4) is 0 Å². The van der Waals surface area contributed by atoms with Crippen molar-refractivity contribution >= 4 is 5.91 Å². The van der Waals surface area contributed by atoms with Gasteiger partial charge in [0, 0.05) is 12.1 Å². The van der Waals surface area contributed by atoms with Gasteiger partial charge in [0.15, 0.2) is 0 Å². The van der Waals surface area contributed by atoms with Gasteiger partial charge in [0.2, 0.25) is 0 Å². The molecule has 0 aliphatic rings. The molecular weight excluding hydrogens is 278 g/mol. The quantitative estimate of drug-likeness (QED) is 0.892. The molecule has 0 saturated carbocycles. The van der Waals surface area contributed by atoms with E-state index < -0.39 is 6.10 Å². The standard InChI is InChI=1S/C18H21NO3/c1-12-4-5-13(2)16(10-12)18(21)19-11-17(20)14-6-8-15(22-3)9-7-14/h4-10,17,20H,11H2,1-3H3,(H,19,21). The highest BCUT2D eigenvalue weighted by atomic mass is 16.5. The Kier molecular flexibility index (Phi) is 5.17. The van der Waals surface area contributed by atoms with Gasteiger partial charge in [-0.25, -0.2) is 0 Å². The van der Waals surface area contributed by atoms with Gasteiger partial charge in [0.25, 0.3) is 5.91 Å². The smallest absolute Gasteiger partial charge is 0.251 e. The maximum atomic E-state index is 12.2. The normalized spacial score (nSPS) is 11.8. The van der Waals surface area contributed by atoms with E-state index in [1.54, 1.807) is 31.4 Å². The topological polar surface area (TPSA) is 58.6 Å². The second kappa shape index (κ2) is 7.09. The van der Waals surface area contributed by atoms with Crippen LogP contribution in [0.25, 0.3) is 0 Å². The van der Waals surface area contributed by atoms with E-state index in [2.05, 4.69) is 5.32 Å². The third-order valence-corrected chi connectivity index (χ3v) is 3.59. The van der Waals surface area contributed by atoms with Gasteiger partial charge < -0.3 is 15.2 Å². The summed E-state index contributed by atoms with van der Waals surface area (Å²) in [4.78, 5) is 12.2. The summed E-state index contributed by atoms with van der Waals surface area (Å²) >= 11 is 0. The molecule has 1 amide bonds. The van der Waals surface area contributed by atoms with Crippen LogP contribution < -0.4 is 10.1 Å². The molecular formula is C18H21NO3. The van der Waals surface area contributed by atoms with E-state index in [9.17, 15) is 9.90 Å². The molecule has 1 atom stereocenters. The SMILES string of the molecule is COc1ccc(C(O)CNC(=O)c2cc(C)ccc2C)cc1. The predicted octanol–water partition coefficient (Wildman–Crippen LogP) is 2.78. The van der Waals surface area contributed by atoms with E-state index in [-0.39, 0.29) is 12.5 Å². The Hall–Kier alpha value is -2.33. The minimum Gasteiger partial charge on any atom is -0.497 e. The maximum Gasteiger partial charge on any atom is 0.251 e. The number of methoxy groups -OCH3 is 1. The molecule has 22 heavy (non-hydrogen) atoms. The molecule has 2 N–H and O–H groups in total. The summed E-state index contributed by atoms with van der Waals surface area (Å²) < 4.78 is 5.08. The minimum absolute atomic E-state index is 0.165. The third-order valence-electron chi connectivity index (χ3n) is 3.59. The van der Waals surface area contributed by atoms with Crippen LogP contribution in [-0.2, 0) is 0 Å². The Bertz CT molecular complexity index is 650. The van der Waals surface area contributed by atoms with Crippen LogP contribution in [0.5, 0.6) is 5.75 Å². The zero-order chi connectivity index (χ0) is 16.1. The van der Waals surface area contributed by atoms with Crippen LogP contribution in [0.2, 0.25) is 0 Å². The van der Waals surface area contributed by atoms with Crippen LogP contribution in [0.15, 0.2) is 42.5 Å². The fourth-order valence-corrected chi connectivity index (χ4v) is 2.21. The van der Waals surface area contributed by atoms with Gasteiger partial charge in [0.1, 0.15) is 5.75 Å². The van der Waals surface area contributed by atoms with Crippen LogP contribution in [0.4, 0.5) is 0 Å². The lowest BCUT2D eigenvalue weighted by atomic mass is 10.0. The third kappa shape index (κ3) is 3.86. The van der Waals surface area contributed by atoms with E-state index in [1.165, 1.54) is 0 Å².